The standard InChI is InChI=1S/C51H35N3Si/c1-5-18-36(19-6-1)49-52-50(37-20-7-2-8-21-37)54-51(53-49)41-25-16-23-39(35-41)38-22-15-24-40(34-38)44-31-17-33-47-48(44)45-30-13-14-32-46(45)55(47,42-26-9-3-10-27-42)43-28-11-4-12-29-43/h1-35H. The Labute approximate surface area is 322 Å². The molecule has 1 aliphatic heterocycles. The van der Waals surface area contributed by atoms with Crippen molar-refractivity contribution in [1.82, 2.24) is 15.0 Å². The summed E-state index contributed by atoms with van der Waals surface area (Å²) in [6.07, 6.45) is 0. The molecule has 1 aliphatic rings. The summed E-state index contributed by atoms with van der Waals surface area (Å²) in [7, 11) is -2.59. The van der Waals surface area contributed by atoms with Gasteiger partial charge in [-0.25, -0.2) is 15.0 Å². The summed E-state index contributed by atoms with van der Waals surface area (Å²) in [5.74, 6) is 1.95. The molecule has 0 bridgehead atoms. The van der Waals surface area contributed by atoms with Gasteiger partial charge < -0.3 is 0 Å². The normalized spacial score (nSPS) is 12.5. The van der Waals surface area contributed by atoms with Gasteiger partial charge in [0.2, 0.25) is 0 Å². The molecular formula is C51H35N3Si. The highest BCUT2D eigenvalue weighted by Gasteiger charge is 2.49. The Hall–Kier alpha value is -7.01. The fraction of sp³-hybridized carbons (Fsp3) is 0. The van der Waals surface area contributed by atoms with E-state index in [1.807, 2.05) is 60.7 Å². The first-order chi connectivity index (χ1) is 27.3. The molecule has 0 fully saturated rings. The molecule has 0 radical (unpaired) electrons. The van der Waals surface area contributed by atoms with Crippen molar-refractivity contribution in [2.24, 2.45) is 0 Å². The van der Waals surface area contributed by atoms with Crippen molar-refractivity contribution in [3.63, 3.8) is 0 Å². The van der Waals surface area contributed by atoms with Crippen molar-refractivity contribution >= 4 is 28.8 Å². The van der Waals surface area contributed by atoms with Gasteiger partial charge in [0.1, 0.15) is 0 Å². The third-order valence-corrected chi connectivity index (χ3v) is 15.7. The molecular weight excluding hydrogens is 683 g/mol. The molecule has 4 heteroatoms. The maximum atomic E-state index is 5.01. The fourth-order valence-electron chi connectivity index (χ4n) is 8.38. The molecule has 55 heavy (non-hydrogen) atoms. The highest BCUT2D eigenvalue weighted by Crippen LogP contribution is 2.38. The molecule has 0 unspecified atom stereocenters. The largest absolute Gasteiger partial charge is 0.208 e. The molecule has 8 aromatic carbocycles. The Morgan fingerprint density at radius 3 is 1.24 bits per heavy atom. The van der Waals surface area contributed by atoms with Crippen LogP contribution in [0.25, 0.3) is 67.5 Å². The van der Waals surface area contributed by atoms with Crippen LogP contribution in [0.15, 0.2) is 212 Å². The zero-order valence-electron chi connectivity index (χ0n) is 30.0. The topological polar surface area (TPSA) is 38.7 Å². The van der Waals surface area contributed by atoms with Crippen molar-refractivity contribution in [3.05, 3.63) is 212 Å². The number of aromatic nitrogens is 3. The number of hydrogen-bond donors (Lipinski definition) is 0. The molecule has 0 N–H and O–H groups in total. The minimum absolute atomic E-state index is 0.645. The Kier molecular flexibility index (Phi) is 8.16. The molecule has 2 heterocycles. The van der Waals surface area contributed by atoms with Crippen LogP contribution in [0.4, 0.5) is 0 Å². The summed E-state index contributed by atoms with van der Waals surface area (Å²) in [4.78, 5) is 14.9. The summed E-state index contributed by atoms with van der Waals surface area (Å²) >= 11 is 0. The van der Waals surface area contributed by atoms with Gasteiger partial charge in [-0.1, -0.05) is 200 Å². The predicted molar refractivity (Wildman–Crippen MR) is 230 cm³/mol. The number of nitrogens with zero attached hydrogens (tertiary/aromatic N) is 3. The lowest BCUT2D eigenvalue weighted by Gasteiger charge is -2.31. The molecule has 3 nitrogen and oxygen atoms in total. The average Bonchev–Trinajstić information content (AvgIpc) is 3.59. The van der Waals surface area contributed by atoms with Crippen molar-refractivity contribution in [3.8, 4) is 67.5 Å². The van der Waals surface area contributed by atoms with Crippen LogP contribution in [0.2, 0.25) is 0 Å². The maximum Gasteiger partial charge on any atom is 0.180 e. The van der Waals surface area contributed by atoms with Crippen molar-refractivity contribution in [1.29, 1.82) is 0 Å². The summed E-state index contributed by atoms with van der Waals surface area (Å²) in [6, 6.07) is 76.2. The van der Waals surface area contributed by atoms with Crippen molar-refractivity contribution in [2.75, 3.05) is 0 Å². The van der Waals surface area contributed by atoms with Crippen molar-refractivity contribution < 1.29 is 0 Å². The maximum absolute atomic E-state index is 5.01. The van der Waals surface area contributed by atoms with Gasteiger partial charge >= 0.3 is 0 Å². The highest BCUT2D eigenvalue weighted by molar-refractivity contribution is 7.22. The third-order valence-electron chi connectivity index (χ3n) is 10.8. The molecule has 0 spiro atoms. The summed E-state index contributed by atoms with van der Waals surface area (Å²) in [5.41, 5.74) is 10.2. The molecule has 1 aromatic heterocycles. The summed E-state index contributed by atoms with van der Waals surface area (Å²) in [5, 5.41) is 5.69. The number of fused-ring (bicyclic) bond motifs is 3. The van der Waals surface area contributed by atoms with Gasteiger partial charge in [-0.2, -0.15) is 0 Å². The van der Waals surface area contributed by atoms with E-state index in [2.05, 4.69) is 152 Å². The van der Waals surface area contributed by atoms with Gasteiger partial charge in [0, 0.05) is 16.7 Å². The molecule has 10 rings (SSSR count). The number of benzene rings is 8. The highest BCUT2D eigenvalue weighted by atomic mass is 28.3. The SMILES string of the molecule is c1ccc(-c2nc(-c3ccccc3)nc(-c3cccc(-c4cccc(-c5cccc6c5-c5ccccc5[Si]6(c5ccccc5)c5ccccc5)c4)c3)n2)cc1. The lowest BCUT2D eigenvalue weighted by atomic mass is 9.92. The van der Waals surface area contributed by atoms with E-state index in [1.165, 1.54) is 43.0 Å². The Morgan fingerprint density at radius 1 is 0.273 bits per heavy atom. The van der Waals surface area contributed by atoms with Gasteiger partial charge in [-0.15, -0.1) is 0 Å². The zero-order chi connectivity index (χ0) is 36.6. The van der Waals surface area contributed by atoms with Crippen LogP contribution in [-0.2, 0) is 0 Å². The third kappa shape index (κ3) is 5.63. The van der Waals surface area contributed by atoms with Gasteiger partial charge in [0.15, 0.2) is 25.5 Å². The first-order valence-corrected chi connectivity index (χ1v) is 20.7. The van der Waals surface area contributed by atoms with Crippen LogP contribution in [-0.4, -0.2) is 23.0 Å². The number of hydrogen-bond acceptors (Lipinski definition) is 3. The Morgan fingerprint density at radius 2 is 0.655 bits per heavy atom. The van der Waals surface area contributed by atoms with E-state index >= 15 is 0 Å². The molecule has 0 saturated carbocycles. The van der Waals surface area contributed by atoms with E-state index in [0.29, 0.717) is 17.5 Å². The second-order valence-corrected chi connectivity index (χ2v) is 17.7. The van der Waals surface area contributed by atoms with Gasteiger partial charge in [0.25, 0.3) is 0 Å². The van der Waals surface area contributed by atoms with Crippen LogP contribution in [0.1, 0.15) is 0 Å². The van der Waals surface area contributed by atoms with E-state index in [9.17, 15) is 0 Å². The Bertz CT molecular complexity index is 2710. The van der Waals surface area contributed by atoms with E-state index in [4.69, 9.17) is 15.0 Å². The van der Waals surface area contributed by atoms with E-state index in [0.717, 1.165) is 27.8 Å². The molecule has 258 valence electrons. The molecule has 0 atom stereocenters. The summed E-state index contributed by atoms with van der Waals surface area (Å²) in [6.45, 7) is 0. The second kappa shape index (κ2) is 13.8. The monoisotopic (exact) mass is 717 g/mol. The number of rotatable bonds is 7. The van der Waals surface area contributed by atoms with Gasteiger partial charge in [-0.3, -0.25) is 0 Å². The first-order valence-electron chi connectivity index (χ1n) is 18.7. The van der Waals surface area contributed by atoms with Crippen molar-refractivity contribution in [2.45, 2.75) is 0 Å². The van der Waals surface area contributed by atoms with Crippen LogP contribution < -0.4 is 20.7 Å². The van der Waals surface area contributed by atoms with E-state index < -0.39 is 8.07 Å². The smallest absolute Gasteiger partial charge is 0.180 e. The fourth-order valence-corrected chi connectivity index (χ4v) is 13.6. The quantitative estimate of drug-likeness (QED) is 0.154. The molecule has 0 saturated heterocycles. The average molecular weight is 718 g/mol. The van der Waals surface area contributed by atoms with Gasteiger partial charge in [0.05, 0.1) is 0 Å². The van der Waals surface area contributed by atoms with E-state index in [1.54, 1.807) is 0 Å². The lowest BCUT2D eigenvalue weighted by Crippen LogP contribution is -2.72. The molecule has 0 amide bonds. The minimum atomic E-state index is -2.59. The second-order valence-electron chi connectivity index (χ2n) is 14.0. The van der Waals surface area contributed by atoms with Crippen LogP contribution >= 0.6 is 0 Å². The van der Waals surface area contributed by atoms with E-state index in [-0.39, 0.29) is 0 Å². The summed E-state index contributed by atoms with van der Waals surface area (Å²) < 4.78 is 0. The van der Waals surface area contributed by atoms with Crippen LogP contribution in [0.5, 0.6) is 0 Å². The lowest BCUT2D eigenvalue weighted by molar-refractivity contribution is 1.07. The van der Waals surface area contributed by atoms with Crippen LogP contribution in [0, 0.1) is 0 Å². The van der Waals surface area contributed by atoms with Crippen LogP contribution in [0.3, 0.4) is 0 Å². The molecule has 9 aromatic rings. The zero-order valence-corrected chi connectivity index (χ0v) is 31.0. The molecule has 0 aliphatic carbocycles. The Balaban J connectivity index is 1.11. The minimum Gasteiger partial charge on any atom is -0.208 e. The predicted octanol–water partition coefficient (Wildman–Crippen LogP) is 9.56. The first kappa shape index (κ1) is 32.6. The van der Waals surface area contributed by atoms with Gasteiger partial charge in [-0.05, 0) is 66.3 Å².